The van der Waals surface area contributed by atoms with Gasteiger partial charge in [0, 0.05) is 31.3 Å². The molecule has 0 saturated carbocycles. The highest BCUT2D eigenvalue weighted by atomic mass is 35.5. The topological polar surface area (TPSA) is 131 Å². The first kappa shape index (κ1) is 18.8. The maximum atomic E-state index is 12.0. The zero-order valence-corrected chi connectivity index (χ0v) is 13.8. The van der Waals surface area contributed by atoms with Crippen molar-refractivity contribution in [3.8, 4) is 0 Å². The highest BCUT2D eigenvalue weighted by Crippen LogP contribution is 2.20. The van der Waals surface area contributed by atoms with Gasteiger partial charge in [0.1, 0.15) is 6.10 Å². The molecule has 0 aliphatic carbocycles. The van der Waals surface area contributed by atoms with E-state index in [-0.39, 0.29) is 18.0 Å². The largest absolute Gasteiger partial charge is 0.394 e. The van der Waals surface area contributed by atoms with E-state index >= 15 is 0 Å². The lowest BCUT2D eigenvalue weighted by Gasteiger charge is -2.22. The van der Waals surface area contributed by atoms with Crippen LogP contribution in [0.3, 0.4) is 0 Å². The minimum Gasteiger partial charge on any atom is -0.394 e. The van der Waals surface area contributed by atoms with Gasteiger partial charge < -0.3 is 15.5 Å². The fourth-order valence-electron chi connectivity index (χ4n) is 2.21. The number of aromatic nitrogens is 2. The van der Waals surface area contributed by atoms with Crippen molar-refractivity contribution < 1.29 is 19.9 Å². The monoisotopic (exact) mass is 368 g/mol. The zero-order valence-electron chi connectivity index (χ0n) is 13.1. The second-order valence-electron chi connectivity index (χ2n) is 5.32. The number of nitro groups is 1. The number of nitro benzene ring substituents is 1. The Morgan fingerprint density at radius 2 is 2.08 bits per heavy atom. The van der Waals surface area contributed by atoms with Gasteiger partial charge in [-0.3, -0.25) is 19.6 Å². The van der Waals surface area contributed by atoms with E-state index in [9.17, 15) is 25.1 Å². The lowest BCUT2D eigenvalue weighted by Crippen LogP contribution is -2.42. The first-order chi connectivity index (χ1) is 11.9. The molecular weight excluding hydrogens is 352 g/mol. The van der Waals surface area contributed by atoms with Crippen molar-refractivity contribution in [3.63, 3.8) is 0 Å². The molecule has 0 bridgehead atoms. The Kier molecular flexibility index (Phi) is 6.45. The lowest BCUT2D eigenvalue weighted by atomic mass is 10.0. The Morgan fingerprint density at radius 1 is 1.40 bits per heavy atom. The first-order valence-corrected chi connectivity index (χ1v) is 7.79. The molecule has 25 heavy (non-hydrogen) atoms. The molecule has 1 amide bonds. The van der Waals surface area contributed by atoms with Crippen LogP contribution in [-0.2, 0) is 11.3 Å². The third-order valence-corrected chi connectivity index (χ3v) is 3.73. The first-order valence-electron chi connectivity index (χ1n) is 7.41. The second kappa shape index (κ2) is 8.56. The van der Waals surface area contributed by atoms with Crippen molar-refractivity contribution in [2.24, 2.45) is 0 Å². The normalized spacial score (nSPS) is 13.2. The number of halogens is 1. The van der Waals surface area contributed by atoms with Crippen LogP contribution in [0.1, 0.15) is 18.1 Å². The van der Waals surface area contributed by atoms with Gasteiger partial charge in [0.2, 0.25) is 5.91 Å². The SMILES string of the molecule is O=C(CCn1cc(Cl)cn1)NC(CO)C(O)c1ccc([N+](=O)[O-])cc1. The average Bonchev–Trinajstić information content (AvgIpc) is 3.02. The van der Waals surface area contributed by atoms with Crippen molar-refractivity contribution in [2.75, 3.05) is 6.61 Å². The summed E-state index contributed by atoms with van der Waals surface area (Å²) in [5.41, 5.74) is 0.238. The molecule has 10 heteroatoms. The number of amides is 1. The predicted molar refractivity (Wildman–Crippen MR) is 88.9 cm³/mol. The molecule has 134 valence electrons. The summed E-state index contributed by atoms with van der Waals surface area (Å²) in [6, 6.07) is 4.31. The number of benzene rings is 1. The van der Waals surface area contributed by atoms with Crippen LogP contribution in [0.15, 0.2) is 36.7 Å². The molecule has 1 aromatic carbocycles. The molecule has 2 aromatic rings. The van der Waals surface area contributed by atoms with E-state index in [1.807, 2.05) is 0 Å². The molecule has 1 aromatic heterocycles. The Bertz CT molecular complexity index is 734. The zero-order chi connectivity index (χ0) is 18.4. The van der Waals surface area contributed by atoms with Crippen LogP contribution < -0.4 is 5.32 Å². The average molecular weight is 369 g/mol. The summed E-state index contributed by atoms with van der Waals surface area (Å²) < 4.78 is 1.50. The Morgan fingerprint density at radius 3 is 2.60 bits per heavy atom. The Hall–Kier alpha value is -2.49. The minimum atomic E-state index is -1.20. The highest BCUT2D eigenvalue weighted by molar-refractivity contribution is 6.30. The van der Waals surface area contributed by atoms with Gasteiger partial charge in [-0.1, -0.05) is 11.6 Å². The van der Waals surface area contributed by atoms with E-state index in [0.29, 0.717) is 17.1 Å². The molecule has 2 rings (SSSR count). The third kappa shape index (κ3) is 5.24. The number of aryl methyl sites for hydroxylation is 1. The number of carbonyl (C=O) groups is 1. The van der Waals surface area contributed by atoms with Crippen LogP contribution in [0.2, 0.25) is 5.02 Å². The Balaban J connectivity index is 1.93. The lowest BCUT2D eigenvalue weighted by molar-refractivity contribution is -0.384. The summed E-state index contributed by atoms with van der Waals surface area (Å²) in [6.45, 7) is -0.193. The third-order valence-electron chi connectivity index (χ3n) is 3.54. The van der Waals surface area contributed by atoms with Gasteiger partial charge in [0.25, 0.3) is 5.69 Å². The molecule has 3 N–H and O–H groups in total. The molecule has 1 heterocycles. The number of aliphatic hydroxyl groups excluding tert-OH is 2. The Labute approximate surface area is 148 Å². The molecule has 0 spiro atoms. The van der Waals surface area contributed by atoms with Gasteiger partial charge in [0.05, 0.1) is 28.8 Å². The van der Waals surface area contributed by atoms with Crippen LogP contribution in [-0.4, -0.2) is 43.5 Å². The summed E-state index contributed by atoms with van der Waals surface area (Å²) in [6.07, 6.45) is 1.91. The number of aliphatic hydroxyl groups is 2. The quantitative estimate of drug-likeness (QED) is 0.471. The number of rotatable bonds is 8. The van der Waals surface area contributed by atoms with Gasteiger partial charge in [-0.15, -0.1) is 0 Å². The maximum absolute atomic E-state index is 12.0. The molecule has 0 radical (unpaired) electrons. The fraction of sp³-hybridized carbons (Fsp3) is 0.333. The van der Waals surface area contributed by atoms with Crippen molar-refractivity contribution in [1.82, 2.24) is 15.1 Å². The summed E-state index contributed by atoms with van der Waals surface area (Å²) in [5, 5.41) is 37.3. The van der Waals surface area contributed by atoms with Crippen LogP contribution in [0.5, 0.6) is 0 Å². The van der Waals surface area contributed by atoms with Crippen LogP contribution >= 0.6 is 11.6 Å². The molecule has 9 nitrogen and oxygen atoms in total. The summed E-state index contributed by atoms with van der Waals surface area (Å²) in [4.78, 5) is 22.1. The molecular formula is C15H17ClN4O5. The van der Waals surface area contributed by atoms with Crippen LogP contribution in [0, 0.1) is 10.1 Å². The van der Waals surface area contributed by atoms with Crippen LogP contribution in [0.4, 0.5) is 5.69 Å². The van der Waals surface area contributed by atoms with Gasteiger partial charge >= 0.3 is 0 Å². The number of hydrogen-bond donors (Lipinski definition) is 3. The van der Waals surface area contributed by atoms with Gasteiger partial charge in [-0.05, 0) is 17.7 Å². The van der Waals surface area contributed by atoms with E-state index in [4.69, 9.17) is 11.6 Å². The number of nitrogens with zero attached hydrogens (tertiary/aromatic N) is 3. The summed E-state index contributed by atoms with van der Waals surface area (Å²) >= 11 is 5.73. The van der Waals surface area contributed by atoms with Gasteiger partial charge in [-0.2, -0.15) is 5.10 Å². The predicted octanol–water partition coefficient (Wildman–Crippen LogP) is 1.05. The van der Waals surface area contributed by atoms with E-state index in [0.717, 1.165) is 0 Å². The van der Waals surface area contributed by atoms with E-state index in [1.165, 1.54) is 35.1 Å². The smallest absolute Gasteiger partial charge is 0.269 e. The number of nitrogens with one attached hydrogen (secondary N) is 1. The second-order valence-corrected chi connectivity index (χ2v) is 5.76. The molecule has 0 saturated heterocycles. The number of carbonyl (C=O) groups excluding carboxylic acids is 1. The van der Waals surface area contributed by atoms with E-state index in [1.54, 1.807) is 6.20 Å². The molecule has 0 fully saturated rings. The molecule has 0 aliphatic rings. The minimum absolute atomic E-state index is 0.0848. The van der Waals surface area contributed by atoms with E-state index in [2.05, 4.69) is 10.4 Å². The van der Waals surface area contributed by atoms with Gasteiger partial charge in [0.15, 0.2) is 0 Å². The highest BCUT2D eigenvalue weighted by Gasteiger charge is 2.22. The summed E-state index contributed by atoms with van der Waals surface area (Å²) in [5.74, 6) is -0.383. The van der Waals surface area contributed by atoms with Crippen LogP contribution in [0.25, 0.3) is 0 Å². The number of hydrogen-bond acceptors (Lipinski definition) is 6. The standard InChI is InChI=1S/C15H17ClN4O5/c16-11-7-17-19(8-11)6-5-14(22)18-13(9-21)15(23)10-1-3-12(4-2-10)20(24)25/h1-4,7-8,13,15,21,23H,5-6,9H2,(H,18,22). The number of non-ortho nitro benzene ring substituents is 1. The van der Waals surface area contributed by atoms with Crippen molar-refractivity contribution >= 4 is 23.2 Å². The van der Waals surface area contributed by atoms with Gasteiger partial charge in [-0.25, -0.2) is 0 Å². The molecule has 0 aliphatic heterocycles. The molecule has 2 unspecified atom stereocenters. The maximum Gasteiger partial charge on any atom is 0.269 e. The van der Waals surface area contributed by atoms with E-state index < -0.39 is 23.7 Å². The summed E-state index contributed by atoms with van der Waals surface area (Å²) in [7, 11) is 0. The van der Waals surface area contributed by atoms with Crippen molar-refractivity contribution in [3.05, 3.63) is 57.4 Å². The van der Waals surface area contributed by atoms with Crippen molar-refractivity contribution in [2.45, 2.75) is 25.1 Å². The van der Waals surface area contributed by atoms with Crippen molar-refractivity contribution in [1.29, 1.82) is 0 Å². The molecule has 2 atom stereocenters. The fourth-order valence-corrected chi connectivity index (χ4v) is 2.36.